The predicted octanol–water partition coefficient (Wildman–Crippen LogP) is 4.52. The number of nitrogens with zero attached hydrogens (tertiary/aromatic N) is 1. The van der Waals surface area contributed by atoms with Crippen LogP contribution in [-0.2, 0) is 9.47 Å². The van der Waals surface area contributed by atoms with Crippen LogP contribution in [0, 0.1) is 5.92 Å². The lowest BCUT2D eigenvalue weighted by Crippen LogP contribution is -2.39. The van der Waals surface area contributed by atoms with Crippen LogP contribution in [0.25, 0.3) is 0 Å². The van der Waals surface area contributed by atoms with Gasteiger partial charge in [0.2, 0.25) is 0 Å². The number of rotatable bonds is 9. The Labute approximate surface area is 189 Å². The van der Waals surface area contributed by atoms with Crippen molar-refractivity contribution < 1.29 is 9.47 Å². The Morgan fingerprint density at radius 3 is 2.78 bits per heavy atom. The van der Waals surface area contributed by atoms with Gasteiger partial charge in [-0.15, -0.1) is 24.0 Å². The molecule has 0 aromatic heterocycles. The highest BCUT2D eigenvalue weighted by Gasteiger charge is 2.13. The highest BCUT2D eigenvalue weighted by molar-refractivity contribution is 14.0. The van der Waals surface area contributed by atoms with Gasteiger partial charge in [-0.05, 0) is 50.7 Å². The van der Waals surface area contributed by atoms with Gasteiger partial charge >= 0.3 is 0 Å². The highest BCUT2D eigenvalue weighted by atomic mass is 127. The molecule has 5 nitrogen and oxygen atoms in total. The van der Waals surface area contributed by atoms with Gasteiger partial charge < -0.3 is 20.1 Å². The van der Waals surface area contributed by atoms with Crippen molar-refractivity contribution in [3.63, 3.8) is 0 Å². The van der Waals surface area contributed by atoms with Crippen molar-refractivity contribution in [2.45, 2.75) is 39.2 Å². The maximum absolute atomic E-state index is 5.81. The molecule has 0 spiro atoms. The minimum absolute atomic E-state index is 0. The van der Waals surface area contributed by atoms with Gasteiger partial charge in [-0.25, -0.2) is 0 Å². The van der Waals surface area contributed by atoms with Crippen LogP contribution in [0.15, 0.2) is 33.7 Å². The molecular formula is C20H33BrIN3O2. The molecule has 2 rings (SSSR count). The van der Waals surface area contributed by atoms with Crippen molar-refractivity contribution in [3.05, 3.63) is 34.3 Å². The van der Waals surface area contributed by atoms with Gasteiger partial charge in [0.1, 0.15) is 0 Å². The molecule has 0 aliphatic carbocycles. The molecule has 1 saturated heterocycles. The first kappa shape index (κ1) is 24.7. The molecule has 0 saturated carbocycles. The van der Waals surface area contributed by atoms with Gasteiger partial charge in [0, 0.05) is 44.0 Å². The number of ether oxygens (including phenoxy) is 2. The van der Waals surface area contributed by atoms with E-state index in [1.54, 1.807) is 0 Å². The van der Waals surface area contributed by atoms with Crippen LogP contribution in [0.2, 0.25) is 0 Å². The summed E-state index contributed by atoms with van der Waals surface area (Å²) < 4.78 is 12.3. The average molecular weight is 554 g/mol. The van der Waals surface area contributed by atoms with Crippen molar-refractivity contribution >= 4 is 45.9 Å². The summed E-state index contributed by atoms with van der Waals surface area (Å²) >= 11 is 3.61. The largest absolute Gasteiger partial charge is 0.381 e. The van der Waals surface area contributed by atoms with E-state index in [-0.39, 0.29) is 30.0 Å². The van der Waals surface area contributed by atoms with E-state index >= 15 is 0 Å². The number of benzene rings is 1. The lowest BCUT2D eigenvalue weighted by Gasteiger charge is -2.21. The van der Waals surface area contributed by atoms with Crippen molar-refractivity contribution in [1.82, 2.24) is 10.6 Å². The molecule has 0 radical (unpaired) electrons. The first-order valence-electron chi connectivity index (χ1n) is 9.65. The Morgan fingerprint density at radius 1 is 1.33 bits per heavy atom. The first-order valence-corrected chi connectivity index (χ1v) is 10.4. The molecule has 1 aliphatic rings. The van der Waals surface area contributed by atoms with Crippen LogP contribution in [0.1, 0.15) is 44.7 Å². The van der Waals surface area contributed by atoms with E-state index in [0.29, 0.717) is 5.92 Å². The molecule has 154 valence electrons. The second-order valence-corrected chi connectivity index (χ2v) is 7.49. The van der Waals surface area contributed by atoms with Gasteiger partial charge in [0.15, 0.2) is 5.96 Å². The van der Waals surface area contributed by atoms with Gasteiger partial charge in [-0.2, -0.15) is 0 Å². The topological polar surface area (TPSA) is 54.9 Å². The molecule has 2 N–H and O–H groups in total. The van der Waals surface area contributed by atoms with E-state index in [1.165, 1.54) is 5.56 Å². The van der Waals surface area contributed by atoms with Crippen LogP contribution in [-0.4, -0.2) is 45.5 Å². The molecule has 7 heteroatoms. The average Bonchev–Trinajstić information content (AvgIpc) is 2.65. The maximum atomic E-state index is 5.81. The lowest BCUT2D eigenvalue weighted by molar-refractivity contribution is 0.0205. The standard InChI is InChI=1S/C20H32BrN3O2.HI/c1-3-22-20(24-16(2)18-7-4-5-8-19(18)21)23-11-6-12-26-15-17-9-13-25-14-10-17;/h4-5,7-8,16-17H,3,6,9-15H2,1-2H3,(H2,22,23,24);1H. The summed E-state index contributed by atoms with van der Waals surface area (Å²) in [5, 5.41) is 6.79. The maximum Gasteiger partial charge on any atom is 0.191 e. The molecule has 1 atom stereocenters. The van der Waals surface area contributed by atoms with Crippen LogP contribution in [0.5, 0.6) is 0 Å². The van der Waals surface area contributed by atoms with Gasteiger partial charge in [-0.3, -0.25) is 4.99 Å². The molecule has 27 heavy (non-hydrogen) atoms. The van der Waals surface area contributed by atoms with Crippen LogP contribution in [0.4, 0.5) is 0 Å². The fraction of sp³-hybridized carbons (Fsp3) is 0.650. The van der Waals surface area contributed by atoms with E-state index < -0.39 is 0 Å². The summed E-state index contributed by atoms with van der Waals surface area (Å²) in [5.74, 6) is 1.51. The van der Waals surface area contributed by atoms with E-state index in [2.05, 4.69) is 63.6 Å². The minimum atomic E-state index is 0. The quantitative estimate of drug-likeness (QED) is 0.204. The van der Waals surface area contributed by atoms with E-state index in [4.69, 9.17) is 9.47 Å². The van der Waals surface area contributed by atoms with Crippen molar-refractivity contribution in [2.75, 3.05) is 39.5 Å². The molecule has 1 aromatic rings. The van der Waals surface area contributed by atoms with E-state index in [0.717, 1.165) is 69.2 Å². The zero-order valence-electron chi connectivity index (χ0n) is 16.4. The molecule has 0 bridgehead atoms. The fourth-order valence-electron chi connectivity index (χ4n) is 2.95. The predicted molar refractivity (Wildman–Crippen MR) is 126 cm³/mol. The number of hydrogen-bond acceptors (Lipinski definition) is 3. The molecule has 1 unspecified atom stereocenters. The smallest absolute Gasteiger partial charge is 0.191 e. The number of nitrogens with one attached hydrogen (secondary N) is 2. The Balaban J connectivity index is 0.00000364. The molecule has 1 aromatic carbocycles. The Bertz CT molecular complexity index is 554. The number of hydrogen-bond donors (Lipinski definition) is 2. The van der Waals surface area contributed by atoms with E-state index in [1.807, 2.05) is 6.07 Å². The summed E-state index contributed by atoms with van der Waals surface area (Å²) in [7, 11) is 0. The van der Waals surface area contributed by atoms with Gasteiger partial charge in [0.25, 0.3) is 0 Å². The second-order valence-electron chi connectivity index (χ2n) is 6.63. The second kappa shape index (κ2) is 14.6. The summed E-state index contributed by atoms with van der Waals surface area (Å²) in [6, 6.07) is 8.44. The highest BCUT2D eigenvalue weighted by Crippen LogP contribution is 2.22. The van der Waals surface area contributed by atoms with Crippen molar-refractivity contribution in [2.24, 2.45) is 10.9 Å². The van der Waals surface area contributed by atoms with Crippen molar-refractivity contribution in [1.29, 1.82) is 0 Å². The Morgan fingerprint density at radius 2 is 2.07 bits per heavy atom. The zero-order chi connectivity index (χ0) is 18.6. The number of guanidine groups is 1. The summed E-state index contributed by atoms with van der Waals surface area (Å²) in [5.41, 5.74) is 1.22. The van der Waals surface area contributed by atoms with Gasteiger partial charge in [0.05, 0.1) is 6.04 Å². The summed E-state index contributed by atoms with van der Waals surface area (Å²) in [4.78, 5) is 4.67. The third-order valence-corrected chi connectivity index (χ3v) is 5.20. The van der Waals surface area contributed by atoms with Gasteiger partial charge in [-0.1, -0.05) is 34.1 Å². The third-order valence-electron chi connectivity index (χ3n) is 4.48. The SMILES string of the molecule is CCNC(=NCCCOCC1CCOCC1)NC(C)c1ccccc1Br.I. The fourth-order valence-corrected chi connectivity index (χ4v) is 3.58. The number of halogens is 2. The summed E-state index contributed by atoms with van der Waals surface area (Å²) in [6.45, 7) is 9.20. The monoisotopic (exact) mass is 553 g/mol. The summed E-state index contributed by atoms with van der Waals surface area (Å²) in [6.07, 6.45) is 3.18. The first-order chi connectivity index (χ1) is 12.7. The molecule has 1 aliphatic heterocycles. The molecule has 1 fully saturated rings. The zero-order valence-corrected chi connectivity index (χ0v) is 20.3. The lowest BCUT2D eigenvalue weighted by atomic mass is 10.0. The number of aliphatic imine (C=N–C) groups is 1. The molecule has 1 heterocycles. The van der Waals surface area contributed by atoms with E-state index in [9.17, 15) is 0 Å². The van der Waals surface area contributed by atoms with Crippen LogP contribution < -0.4 is 10.6 Å². The van der Waals surface area contributed by atoms with Crippen LogP contribution >= 0.6 is 39.9 Å². The third kappa shape index (κ3) is 9.58. The molecule has 0 amide bonds. The van der Waals surface area contributed by atoms with Crippen molar-refractivity contribution in [3.8, 4) is 0 Å². The minimum Gasteiger partial charge on any atom is -0.381 e. The Hall–Kier alpha value is -0.380. The Kier molecular flexibility index (Phi) is 13.3. The molecular weight excluding hydrogens is 521 g/mol. The normalized spacial score (nSPS) is 16.5. The van der Waals surface area contributed by atoms with Crippen LogP contribution in [0.3, 0.4) is 0 Å².